The first kappa shape index (κ1) is 23.0. The first-order valence-electron chi connectivity index (χ1n) is 9.87. The van der Waals surface area contributed by atoms with E-state index in [0.717, 1.165) is 0 Å². The molecule has 0 saturated carbocycles. The number of nitrogens with zero attached hydrogens (tertiary/aromatic N) is 1. The number of halogens is 1. The predicted octanol–water partition coefficient (Wildman–Crippen LogP) is 1.81. The van der Waals surface area contributed by atoms with E-state index in [1.165, 1.54) is 40.7 Å². The molecule has 3 rings (SSSR count). The van der Waals surface area contributed by atoms with Crippen molar-refractivity contribution in [3.8, 4) is 11.5 Å². The number of carbonyl (C=O) groups excluding carboxylic acids is 1. The van der Waals surface area contributed by atoms with E-state index in [-0.39, 0.29) is 29.8 Å². The van der Waals surface area contributed by atoms with Crippen molar-refractivity contribution in [2.24, 2.45) is 0 Å². The molecule has 1 saturated heterocycles. The zero-order valence-electron chi connectivity index (χ0n) is 17.1. The second-order valence-electron chi connectivity index (χ2n) is 6.84. The van der Waals surface area contributed by atoms with Crippen LogP contribution in [0, 0.1) is 5.82 Å². The van der Waals surface area contributed by atoms with Crippen LogP contribution in [0.15, 0.2) is 53.4 Å². The normalized spacial score (nSPS) is 15.8. The lowest BCUT2D eigenvalue weighted by molar-refractivity contribution is -0.127. The minimum absolute atomic E-state index is 0.196. The van der Waals surface area contributed by atoms with Gasteiger partial charge in [-0.2, -0.15) is 4.31 Å². The zero-order chi connectivity index (χ0) is 22.3. The van der Waals surface area contributed by atoms with Crippen molar-refractivity contribution in [1.29, 1.82) is 0 Å². The fourth-order valence-electron chi connectivity index (χ4n) is 2.90. The van der Waals surface area contributed by atoms with Crippen LogP contribution in [0.1, 0.15) is 6.92 Å². The molecule has 0 aliphatic carbocycles. The van der Waals surface area contributed by atoms with Gasteiger partial charge in [-0.1, -0.05) is 0 Å². The van der Waals surface area contributed by atoms with E-state index < -0.39 is 16.1 Å². The van der Waals surface area contributed by atoms with Crippen molar-refractivity contribution in [3.05, 3.63) is 54.3 Å². The van der Waals surface area contributed by atoms with E-state index in [0.29, 0.717) is 37.8 Å². The zero-order valence-corrected chi connectivity index (χ0v) is 17.9. The molecule has 1 atom stereocenters. The largest absolute Gasteiger partial charge is 0.492 e. The summed E-state index contributed by atoms with van der Waals surface area (Å²) in [7, 11) is -3.55. The summed E-state index contributed by atoms with van der Waals surface area (Å²) in [6.07, 6.45) is -0.755. The number of nitrogens with one attached hydrogen (secondary N) is 1. The van der Waals surface area contributed by atoms with Gasteiger partial charge in [0.25, 0.3) is 5.91 Å². The Bertz CT molecular complexity index is 960. The van der Waals surface area contributed by atoms with Crippen molar-refractivity contribution in [1.82, 2.24) is 9.62 Å². The van der Waals surface area contributed by atoms with Crippen LogP contribution in [0.5, 0.6) is 11.5 Å². The van der Waals surface area contributed by atoms with Gasteiger partial charge in [0.05, 0.1) is 24.7 Å². The Morgan fingerprint density at radius 3 is 2.35 bits per heavy atom. The van der Waals surface area contributed by atoms with Crippen LogP contribution < -0.4 is 14.8 Å². The van der Waals surface area contributed by atoms with Crippen LogP contribution in [0.2, 0.25) is 0 Å². The van der Waals surface area contributed by atoms with Crippen LogP contribution in [0.25, 0.3) is 0 Å². The third-order valence-corrected chi connectivity index (χ3v) is 6.51. The SMILES string of the molecule is C[C@H](Oc1ccc(F)cc1)C(=O)NCCOc1ccc(S(=O)(=O)N2CCOCC2)cc1. The van der Waals surface area contributed by atoms with Gasteiger partial charge in [-0.3, -0.25) is 4.79 Å². The maximum Gasteiger partial charge on any atom is 0.260 e. The summed E-state index contributed by atoms with van der Waals surface area (Å²) in [4.78, 5) is 12.3. The summed E-state index contributed by atoms with van der Waals surface area (Å²) in [6.45, 7) is 3.48. The summed E-state index contributed by atoms with van der Waals surface area (Å²) in [5, 5.41) is 2.69. The van der Waals surface area contributed by atoms with Gasteiger partial charge in [0.2, 0.25) is 10.0 Å². The summed E-state index contributed by atoms with van der Waals surface area (Å²) in [5.74, 6) is 0.173. The first-order valence-corrected chi connectivity index (χ1v) is 11.3. The minimum Gasteiger partial charge on any atom is -0.492 e. The topological polar surface area (TPSA) is 94.2 Å². The van der Waals surface area contributed by atoms with Gasteiger partial charge in [0.15, 0.2) is 6.10 Å². The molecule has 168 valence electrons. The van der Waals surface area contributed by atoms with Gasteiger partial charge < -0.3 is 19.5 Å². The number of carbonyl (C=O) groups is 1. The second-order valence-corrected chi connectivity index (χ2v) is 8.78. The summed E-state index contributed by atoms with van der Waals surface area (Å²) >= 11 is 0. The summed E-state index contributed by atoms with van der Waals surface area (Å²) in [5.41, 5.74) is 0. The van der Waals surface area contributed by atoms with Gasteiger partial charge in [-0.25, -0.2) is 12.8 Å². The Balaban J connectivity index is 1.42. The molecule has 1 heterocycles. The third-order valence-electron chi connectivity index (χ3n) is 4.60. The van der Waals surface area contributed by atoms with Gasteiger partial charge in [0.1, 0.15) is 23.9 Å². The molecule has 1 aliphatic rings. The molecule has 2 aromatic carbocycles. The Kier molecular flexibility index (Phi) is 7.83. The molecule has 0 bridgehead atoms. The summed E-state index contributed by atoms with van der Waals surface area (Å²) < 4.78 is 55.7. The van der Waals surface area contributed by atoms with E-state index >= 15 is 0 Å². The maximum atomic E-state index is 12.9. The van der Waals surface area contributed by atoms with Crippen LogP contribution in [-0.2, 0) is 19.6 Å². The van der Waals surface area contributed by atoms with E-state index in [1.807, 2.05) is 0 Å². The fourth-order valence-corrected chi connectivity index (χ4v) is 4.31. The van der Waals surface area contributed by atoms with Crippen LogP contribution in [-0.4, -0.2) is 64.2 Å². The average molecular weight is 453 g/mol. The molecule has 0 radical (unpaired) electrons. The van der Waals surface area contributed by atoms with E-state index in [4.69, 9.17) is 14.2 Å². The second kappa shape index (κ2) is 10.6. The number of sulfonamides is 1. The highest BCUT2D eigenvalue weighted by Crippen LogP contribution is 2.20. The highest BCUT2D eigenvalue weighted by Gasteiger charge is 2.26. The monoisotopic (exact) mass is 452 g/mol. The average Bonchev–Trinajstić information content (AvgIpc) is 2.79. The van der Waals surface area contributed by atoms with Crippen molar-refractivity contribution in [2.75, 3.05) is 39.5 Å². The molecule has 8 nitrogen and oxygen atoms in total. The number of hydrogen-bond acceptors (Lipinski definition) is 6. The smallest absolute Gasteiger partial charge is 0.260 e. The fraction of sp³-hybridized carbons (Fsp3) is 0.381. The number of ether oxygens (including phenoxy) is 3. The number of amides is 1. The Morgan fingerprint density at radius 2 is 1.71 bits per heavy atom. The highest BCUT2D eigenvalue weighted by molar-refractivity contribution is 7.89. The van der Waals surface area contributed by atoms with Crippen LogP contribution >= 0.6 is 0 Å². The molecular formula is C21H25FN2O6S. The van der Waals surface area contributed by atoms with Crippen molar-refractivity contribution < 1.29 is 31.8 Å². The Morgan fingerprint density at radius 1 is 1.10 bits per heavy atom. The molecule has 1 amide bonds. The molecular weight excluding hydrogens is 427 g/mol. The number of morpholine rings is 1. The molecule has 0 aromatic heterocycles. The van der Waals surface area contributed by atoms with Crippen LogP contribution in [0.3, 0.4) is 0 Å². The summed E-state index contributed by atoms with van der Waals surface area (Å²) in [6, 6.07) is 11.6. The predicted molar refractivity (Wildman–Crippen MR) is 111 cm³/mol. The number of hydrogen-bond donors (Lipinski definition) is 1. The van der Waals surface area contributed by atoms with Gasteiger partial charge in [-0.15, -0.1) is 0 Å². The lowest BCUT2D eigenvalue weighted by atomic mass is 10.3. The molecule has 0 spiro atoms. The molecule has 31 heavy (non-hydrogen) atoms. The van der Waals surface area contributed by atoms with Crippen LogP contribution in [0.4, 0.5) is 4.39 Å². The number of rotatable bonds is 9. The molecule has 1 aliphatic heterocycles. The molecule has 1 N–H and O–H groups in total. The van der Waals surface area contributed by atoms with Gasteiger partial charge in [0, 0.05) is 13.1 Å². The Hall–Kier alpha value is -2.69. The third kappa shape index (κ3) is 6.39. The highest BCUT2D eigenvalue weighted by atomic mass is 32.2. The molecule has 1 fully saturated rings. The van der Waals surface area contributed by atoms with Crippen molar-refractivity contribution in [2.45, 2.75) is 17.9 Å². The van der Waals surface area contributed by atoms with E-state index in [2.05, 4.69) is 5.32 Å². The van der Waals surface area contributed by atoms with Gasteiger partial charge in [-0.05, 0) is 55.5 Å². The lowest BCUT2D eigenvalue weighted by Gasteiger charge is -2.26. The minimum atomic E-state index is -3.55. The standard InChI is InChI=1S/C21H25FN2O6S/c1-16(30-19-4-2-17(22)3-5-19)21(25)23-10-13-29-18-6-8-20(9-7-18)31(26,27)24-11-14-28-15-12-24/h2-9,16H,10-15H2,1H3,(H,23,25)/t16-/m0/s1. The molecule has 0 unspecified atom stereocenters. The van der Waals surface area contributed by atoms with Gasteiger partial charge >= 0.3 is 0 Å². The van der Waals surface area contributed by atoms with E-state index in [9.17, 15) is 17.6 Å². The van der Waals surface area contributed by atoms with Crippen molar-refractivity contribution in [3.63, 3.8) is 0 Å². The lowest BCUT2D eigenvalue weighted by Crippen LogP contribution is -2.40. The quantitative estimate of drug-likeness (QED) is 0.584. The molecule has 2 aromatic rings. The van der Waals surface area contributed by atoms with E-state index in [1.54, 1.807) is 19.1 Å². The first-order chi connectivity index (χ1) is 14.9. The Labute approximate surface area is 181 Å². The maximum absolute atomic E-state index is 12.9. The molecule has 10 heteroatoms. The number of benzene rings is 2. The van der Waals surface area contributed by atoms with Crippen molar-refractivity contribution >= 4 is 15.9 Å².